The molecule has 0 aliphatic rings. The Bertz CT molecular complexity index is 218. The first-order valence-corrected chi connectivity index (χ1v) is 3.32. The molecule has 0 amide bonds. The standard InChI is InChI=1S/C8H11NO.2ClH/c1-2-10-8-6-4-3-5-7(8)9;;/h3-6H,2,9H2,1H3;2*1H. The fraction of sp³-hybridized carbons (Fsp3) is 0.250. The lowest BCUT2D eigenvalue weighted by molar-refractivity contribution is 0.342. The highest BCUT2D eigenvalue weighted by atomic mass is 35.5. The molecule has 2 nitrogen and oxygen atoms in total. The highest BCUT2D eigenvalue weighted by Crippen LogP contribution is 2.18. The topological polar surface area (TPSA) is 35.2 Å². The third-order valence-electron chi connectivity index (χ3n) is 1.22. The van der Waals surface area contributed by atoms with Crippen LogP contribution >= 0.6 is 24.8 Å². The molecule has 0 atom stereocenters. The van der Waals surface area contributed by atoms with E-state index in [0.29, 0.717) is 12.3 Å². The lowest BCUT2D eigenvalue weighted by Gasteiger charge is -2.04. The summed E-state index contributed by atoms with van der Waals surface area (Å²) in [5.74, 6) is 0.769. The molecule has 12 heavy (non-hydrogen) atoms. The summed E-state index contributed by atoms with van der Waals surface area (Å²) in [5.41, 5.74) is 6.28. The van der Waals surface area contributed by atoms with Crippen LogP contribution in [-0.2, 0) is 0 Å². The highest BCUT2D eigenvalue weighted by molar-refractivity contribution is 5.85. The second kappa shape index (κ2) is 7.07. The molecule has 1 aromatic rings. The van der Waals surface area contributed by atoms with Crippen LogP contribution in [0.4, 0.5) is 5.69 Å². The minimum absolute atomic E-state index is 0. The quantitative estimate of drug-likeness (QED) is 0.761. The van der Waals surface area contributed by atoms with Gasteiger partial charge in [-0.25, -0.2) is 0 Å². The van der Waals surface area contributed by atoms with Crippen molar-refractivity contribution in [3.63, 3.8) is 0 Å². The molecule has 1 rings (SSSR count). The average molecular weight is 210 g/mol. The van der Waals surface area contributed by atoms with E-state index in [9.17, 15) is 0 Å². The molecule has 0 aromatic heterocycles. The van der Waals surface area contributed by atoms with Crippen LogP contribution in [-0.4, -0.2) is 6.61 Å². The summed E-state index contributed by atoms with van der Waals surface area (Å²) in [6.45, 7) is 2.60. The van der Waals surface area contributed by atoms with E-state index in [2.05, 4.69) is 0 Å². The maximum Gasteiger partial charge on any atom is 0.142 e. The van der Waals surface area contributed by atoms with Crippen LogP contribution in [0.1, 0.15) is 6.92 Å². The molecular weight excluding hydrogens is 197 g/mol. The molecule has 0 aliphatic heterocycles. The highest BCUT2D eigenvalue weighted by Gasteiger charge is 1.93. The molecule has 0 bridgehead atoms. The molecule has 0 fully saturated rings. The lowest BCUT2D eigenvalue weighted by Crippen LogP contribution is -1.95. The van der Waals surface area contributed by atoms with Gasteiger partial charge in [0.15, 0.2) is 0 Å². The van der Waals surface area contributed by atoms with Crippen LogP contribution in [0.2, 0.25) is 0 Å². The number of rotatable bonds is 2. The van der Waals surface area contributed by atoms with Crippen molar-refractivity contribution in [3.05, 3.63) is 24.3 Å². The molecule has 0 saturated carbocycles. The van der Waals surface area contributed by atoms with Crippen molar-refractivity contribution >= 4 is 30.5 Å². The smallest absolute Gasteiger partial charge is 0.142 e. The van der Waals surface area contributed by atoms with Crippen LogP contribution in [0.5, 0.6) is 5.75 Å². The van der Waals surface area contributed by atoms with Gasteiger partial charge in [-0.2, -0.15) is 0 Å². The predicted octanol–water partition coefficient (Wildman–Crippen LogP) is 2.51. The average Bonchev–Trinajstić information content (AvgIpc) is 1.94. The molecule has 2 N–H and O–H groups in total. The Morgan fingerprint density at radius 2 is 1.83 bits per heavy atom. The van der Waals surface area contributed by atoms with Crippen molar-refractivity contribution in [2.75, 3.05) is 12.3 Å². The zero-order valence-corrected chi connectivity index (χ0v) is 8.45. The Kier molecular flexibility index (Phi) is 8.22. The van der Waals surface area contributed by atoms with Crippen LogP contribution in [0.3, 0.4) is 0 Å². The molecule has 70 valence electrons. The van der Waals surface area contributed by atoms with E-state index >= 15 is 0 Å². The molecule has 0 heterocycles. The van der Waals surface area contributed by atoms with Crippen LogP contribution in [0, 0.1) is 0 Å². The summed E-state index contributed by atoms with van der Waals surface area (Å²) in [6.07, 6.45) is 0. The van der Waals surface area contributed by atoms with E-state index < -0.39 is 0 Å². The van der Waals surface area contributed by atoms with Crippen molar-refractivity contribution in [3.8, 4) is 5.75 Å². The zero-order chi connectivity index (χ0) is 7.40. The Hall–Kier alpha value is -0.600. The summed E-state index contributed by atoms with van der Waals surface area (Å²) in [7, 11) is 0. The molecule has 0 aliphatic carbocycles. The maximum atomic E-state index is 5.58. The number of halogens is 2. The van der Waals surface area contributed by atoms with Gasteiger partial charge in [0, 0.05) is 0 Å². The van der Waals surface area contributed by atoms with Crippen molar-refractivity contribution < 1.29 is 4.74 Å². The number of para-hydroxylation sites is 2. The fourth-order valence-corrected chi connectivity index (χ4v) is 0.767. The van der Waals surface area contributed by atoms with Gasteiger partial charge in [-0.3, -0.25) is 0 Å². The minimum Gasteiger partial charge on any atom is -0.492 e. The minimum atomic E-state index is 0. The summed E-state index contributed by atoms with van der Waals surface area (Å²) < 4.78 is 5.21. The first-order valence-electron chi connectivity index (χ1n) is 3.32. The molecule has 0 radical (unpaired) electrons. The van der Waals surface area contributed by atoms with Gasteiger partial charge in [0.05, 0.1) is 12.3 Å². The second-order valence-corrected chi connectivity index (χ2v) is 1.97. The fourth-order valence-electron chi connectivity index (χ4n) is 0.767. The van der Waals surface area contributed by atoms with Gasteiger partial charge in [-0.05, 0) is 19.1 Å². The normalized spacial score (nSPS) is 7.75. The van der Waals surface area contributed by atoms with Gasteiger partial charge in [-0.15, -0.1) is 24.8 Å². The molecule has 0 spiro atoms. The van der Waals surface area contributed by atoms with Gasteiger partial charge in [0.25, 0.3) is 0 Å². The Labute approximate surface area is 84.9 Å². The monoisotopic (exact) mass is 209 g/mol. The van der Waals surface area contributed by atoms with E-state index in [1.54, 1.807) is 0 Å². The molecule has 4 heteroatoms. The molecular formula is C8H13Cl2NO. The van der Waals surface area contributed by atoms with E-state index in [-0.39, 0.29) is 24.8 Å². The third-order valence-corrected chi connectivity index (χ3v) is 1.22. The summed E-state index contributed by atoms with van der Waals surface area (Å²) in [6, 6.07) is 7.48. The molecule has 1 aromatic carbocycles. The van der Waals surface area contributed by atoms with Crippen molar-refractivity contribution in [1.29, 1.82) is 0 Å². The number of hydrogen-bond donors (Lipinski definition) is 1. The first-order chi connectivity index (χ1) is 4.84. The first kappa shape index (κ1) is 14.0. The van der Waals surface area contributed by atoms with Gasteiger partial charge >= 0.3 is 0 Å². The summed E-state index contributed by atoms with van der Waals surface area (Å²) >= 11 is 0. The van der Waals surface area contributed by atoms with E-state index in [1.807, 2.05) is 31.2 Å². The van der Waals surface area contributed by atoms with Gasteiger partial charge in [0.2, 0.25) is 0 Å². The molecule has 0 saturated heterocycles. The number of nitrogens with two attached hydrogens (primary N) is 1. The maximum absolute atomic E-state index is 5.58. The largest absolute Gasteiger partial charge is 0.492 e. The van der Waals surface area contributed by atoms with Crippen LogP contribution in [0.15, 0.2) is 24.3 Å². The third kappa shape index (κ3) is 3.69. The number of anilines is 1. The van der Waals surface area contributed by atoms with Crippen LogP contribution < -0.4 is 10.5 Å². The van der Waals surface area contributed by atoms with Crippen LogP contribution in [0.25, 0.3) is 0 Å². The van der Waals surface area contributed by atoms with Crippen molar-refractivity contribution in [2.45, 2.75) is 6.92 Å². The number of ether oxygens (including phenoxy) is 1. The second-order valence-electron chi connectivity index (χ2n) is 1.97. The van der Waals surface area contributed by atoms with Gasteiger partial charge < -0.3 is 10.5 Å². The van der Waals surface area contributed by atoms with E-state index in [1.165, 1.54) is 0 Å². The van der Waals surface area contributed by atoms with E-state index in [0.717, 1.165) is 5.75 Å². The Morgan fingerprint density at radius 1 is 1.25 bits per heavy atom. The van der Waals surface area contributed by atoms with Crippen molar-refractivity contribution in [1.82, 2.24) is 0 Å². The Morgan fingerprint density at radius 3 is 2.33 bits per heavy atom. The van der Waals surface area contributed by atoms with Gasteiger partial charge in [-0.1, -0.05) is 12.1 Å². The number of nitrogen functional groups attached to an aromatic ring is 1. The number of hydrogen-bond acceptors (Lipinski definition) is 2. The van der Waals surface area contributed by atoms with Crippen molar-refractivity contribution in [2.24, 2.45) is 0 Å². The molecule has 0 unspecified atom stereocenters. The SMILES string of the molecule is CCOc1ccccc1N.Cl.Cl. The Balaban J connectivity index is 0. The predicted molar refractivity (Wildman–Crippen MR) is 56.5 cm³/mol. The van der Waals surface area contributed by atoms with Gasteiger partial charge in [0.1, 0.15) is 5.75 Å². The number of benzene rings is 1. The lowest BCUT2D eigenvalue weighted by atomic mass is 10.3. The zero-order valence-electron chi connectivity index (χ0n) is 6.82. The van der Waals surface area contributed by atoms with E-state index in [4.69, 9.17) is 10.5 Å². The summed E-state index contributed by atoms with van der Waals surface area (Å²) in [5, 5.41) is 0. The summed E-state index contributed by atoms with van der Waals surface area (Å²) in [4.78, 5) is 0.